The van der Waals surface area contributed by atoms with Crippen molar-refractivity contribution in [2.24, 2.45) is 11.3 Å². The van der Waals surface area contributed by atoms with E-state index < -0.39 is 29.1 Å². The fraction of sp³-hybridized carbons (Fsp3) is 0.667. The topological polar surface area (TPSA) is 62.3 Å². The Bertz CT molecular complexity index is 622. The van der Waals surface area contributed by atoms with Crippen LogP contribution < -0.4 is 5.32 Å². The Labute approximate surface area is 142 Å². The highest BCUT2D eigenvalue weighted by Crippen LogP contribution is 2.32. The van der Waals surface area contributed by atoms with Crippen molar-refractivity contribution < 1.29 is 22.8 Å². The largest absolute Gasteiger partial charge is 0.434 e. The van der Waals surface area contributed by atoms with Crippen molar-refractivity contribution in [1.29, 1.82) is 0 Å². The molecule has 1 N–H and O–H groups in total. The quantitative estimate of drug-likeness (QED) is 0.876. The first-order valence-corrected chi connectivity index (χ1v) is 8.49. The lowest BCUT2D eigenvalue weighted by atomic mass is 9.91. The Balaban J connectivity index is 1.99. The molecule has 1 aliphatic rings. The molecule has 2 rings (SSSR count). The van der Waals surface area contributed by atoms with Gasteiger partial charge in [0, 0.05) is 23.9 Å². The molecule has 1 aliphatic heterocycles. The number of piperidine rings is 1. The van der Waals surface area contributed by atoms with Crippen LogP contribution in [0.3, 0.4) is 0 Å². The van der Waals surface area contributed by atoms with Gasteiger partial charge in [-0.05, 0) is 12.8 Å². The van der Waals surface area contributed by atoms with Gasteiger partial charge in [0.25, 0.3) is 0 Å². The van der Waals surface area contributed by atoms with Crippen molar-refractivity contribution in [3.05, 3.63) is 11.1 Å². The second kappa shape index (κ2) is 6.70. The third-order valence-electron chi connectivity index (χ3n) is 3.75. The molecule has 1 aromatic rings. The molecule has 1 saturated heterocycles. The van der Waals surface area contributed by atoms with Crippen LogP contribution in [-0.4, -0.2) is 34.8 Å². The number of aromatic nitrogens is 1. The summed E-state index contributed by atoms with van der Waals surface area (Å²) in [7, 11) is 0. The predicted octanol–water partition coefficient (Wildman–Crippen LogP) is 3.39. The van der Waals surface area contributed by atoms with Crippen LogP contribution in [0.5, 0.6) is 0 Å². The summed E-state index contributed by atoms with van der Waals surface area (Å²) < 4.78 is 37.6. The molecule has 24 heavy (non-hydrogen) atoms. The van der Waals surface area contributed by atoms with Crippen molar-refractivity contribution in [1.82, 2.24) is 9.88 Å². The summed E-state index contributed by atoms with van der Waals surface area (Å²) in [4.78, 5) is 29.6. The molecule has 2 heterocycles. The van der Waals surface area contributed by atoms with E-state index in [0.717, 1.165) is 16.7 Å². The summed E-state index contributed by atoms with van der Waals surface area (Å²) in [5, 5.41) is 3.22. The van der Waals surface area contributed by atoms with E-state index in [1.54, 1.807) is 4.90 Å². The monoisotopic (exact) mass is 363 g/mol. The van der Waals surface area contributed by atoms with Gasteiger partial charge >= 0.3 is 6.18 Å². The smallest absolute Gasteiger partial charge is 0.341 e. The minimum atomic E-state index is -4.53. The number of hydrogen-bond acceptors (Lipinski definition) is 4. The maximum Gasteiger partial charge on any atom is 0.434 e. The summed E-state index contributed by atoms with van der Waals surface area (Å²) >= 11 is 0.737. The standard InChI is InChI=1S/C15H20F3N3O2S/c1-14(2,3)12(23)21-6-4-5-9(7-21)11(22)20-13-19-10(8-24-13)15(16,17)18/h8-9H,4-7H2,1-3H3,(H,19,20,22). The molecule has 9 heteroatoms. The van der Waals surface area contributed by atoms with Crippen molar-refractivity contribution >= 4 is 28.3 Å². The van der Waals surface area contributed by atoms with Gasteiger partial charge in [-0.15, -0.1) is 11.3 Å². The maximum atomic E-state index is 12.5. The molecule has 0 aromatic carbocycles. The van der Waals surface area contributed by atoms with Gasteiger partial charge in [-0.2, -0.15) is 13.2 Å². The lowest BCUT2D eigenvalue weighted by Crippen LogP contribution is -2.47. The van der Waals surface area contributed by atoms with E-state index in [-0.39, 0.29) is 17.6 Å². The fourth-order valence-corrected chi connectivity index (χ4v) is 3.24. The summed E-state index contributed by atoms with van der Waals surface area (Å²) in [6.45, 7) is 6.31. The zero-order valence-corrected chi connectivity index (χ0v) is 14.6. The van der Waals surface area contributed by atoms with Crippen LogP contribution >= 0.6 is 11.3 Å². The minimum Gasteiger partial charge on any atom is -0.341 e. The summed E-state index contributed by atoms with van der Waals surface area (Å²) in [5.41, 5.74) is -1.55. The number of alkyl halides is 3. The number of carbonyl (C=O) groups excluding carboxylic acids is 2. The lowest BCUT2D eigenvalue weighted by Gasteiger charge is -2.35. The second-order valence-corrected chi connectivity index (χ2v) is 7.72. The van der Waals surface area contributed by atoms with Crippen LogP contribution in [0.4, 0.5) is 18.3 Å². The molecule has 5 nitrogen and oxygen atoms in total. The first-order valence-electron chi connectivity index (χ1n) is 7.61. The molecule has 0 aliphatic carbocycles. The van der Waals surface area contributed by atoms with Gasteiger partial charge in [-0.3, -0.25) is 9.59 Å². The van der Waals surface area contributed by atoms with Crippen molar-refractivity contribution in [3.63, 3.8) is 0 Å². The van der Waals surface area contributed by atoms with E-state index >= 15 is 0 Å². The Morgan fingerprint density at radius 2 is 2.00 bits per heavy atom. The lowest BCUT2D eigenvalue weighted by molar-refractivity contribution is -0.142. The van der Waals surface area contributed by atoms with Gasteiger partial charge in [0.1, 0.15) is 0 Å². The number of anilines is 1. The summed E-state index contributed by atoms with van der Waals surface area (Å²) in [6.07, 6.45) is -3.25. The van der Waals surface area contributed by atoms with Gasteiger partial charge in [0.05, 0.1) is 5.92 Å². The molecule has 1 atom stereocenters. The number of likely N-dealkylation sites (tertiary alicyclic amines) is 1. The molecule has 1 unspecified atom stereocenters. The van der Waals surface area contributed by atoms with E-state index in [1.165, 1.54) is 0 Å². The van der Waals surface area contributed by atoms with Crippen LogP contribution in [0.25, 0.3) is 0 Å². The van der Waals surface area contributed by atoms with Gasteiger partial charge in [-0.25, -0.2) is 4.98 Å². The Morgan fingerprint density at radius 1 is 1.33 bits per heavy atom. The molecular formula is C15H20F3N3O2S. The van der Waals surface area contributed by atoms with E-state index in [9.17, 15) is 22.8 Å². The third kappa shape index (κ3) is 4.46. The Hall–Kier alpha value is -1.64. The minimum absolute atomic E-state index is 0.0337. The predicted molar refractivity (Wildman–Crippen MR) is 84.5 cm³/mol. The number of amides is 2. The van der Waals surface area contributed by atoms with Crippen LogP contribution in [0.2, 0.25) is 0 Å². The zero-order valence-electron chi connectivity index (χ0n) is 13.7. The number of nitrogens with zero attached hydrogens (tertiary/aromatic N) is 2. The molecule has 0 spiro atoms. The normalized spacial score (nSPS) is 19.2. The first kappa shape index (κ1) is 18.7. The van der Waals surface area contributed by atoms with E-state index in [1.807, 2.05) is 20.8 Å². The maximum absolute atomic E-state index is 12.5. The SMILES string of the molecule is CC(C)(C)C(=O)N1CCCC(C(=O)Nc2nc(C(F)(F)F)cs2)C1. The van der Waals surface area contributed by atoms with Gasteiger partial charge in [-0.1, -0.05) is 20.8 Å². The van der Waals surface area contributed by atoms with E-state index in [4.69, 9.17) is 0 Å². The molecule has 2 amide bonds. The molecule has 134 valence electrons. The fourth-order valence-electron chi connectivity index (χ4n) is 2.52. The number of nitrogens with one attached hydrogen (secondary N) is 1. The average Bonchev–Trinajstić information content (AvgIpc) is 2.94. The van der Waals surface area contributed by atoms with Crippen molar-refractivity contribution in [3.8, 4) is 0 Å². The summed E-state index contributed by atoms with van der Waals surface area (Å²) in [6, 6.07) is 0. The zero-order chi connectivity index (χ0) is 18.1. The highest BCUT2D eigenvalue weighted by Gasteiger charge is 2.35. The second-order valence-electron chi connectivity index (χ2n) is 6.87. The highest BCUT2D eigenvalue weighted by atomic mass is 32.1. The Kier molecular flexibility index (Phi) is 5.22. The molecule has 1 aromatic heterocycles. The first-order chi connectivity index (χ1) is 11.0. The van der Waals surface area contributed by atoms with Gasteiger partial charge in [0.15, 0.2) is 10.8 Å². The van der Waals surface area contributed by atoms with Crippen LogP contribution in [-0.2, 0) is 15.8 Å². The third-order valence-corrected chi connectivity index (χ3v) is 4.50. The Morgan fingerprint density at radius 3 is 2.54 bits per heavy atom. The molecule has 0 radical (unpaired) electrons. The molecular weight excluding hydrogens is 343 g/mol. The van der Waals surface area contributed by atoms with Gasteiger partial charge in [0.2, 0.25) is 11.8 Å². The molecule has 0 saturated carbocycles. The van der Waals surface area contributed by atoms with Crippen LogP contribution in [0, 0.1) is 11.3 Å². The van der Waals surface area contributed by atoms with Crippen LogP contribution in [0.1, 0.15) is 39.3 Å². The highest BCUT2D eigenvalue weighted by molar-refractivity contribution is 7.13. The van der Waals surface area contributed by atoms with E-state index in [2.05, 4.69) is 10.3 Å². The molecule has 0 bridgehead atoms. The number of carbonyl (C=O) groups is 2. The van der Waals surface area contributed by atoms with Crippen molar-refractivity contribution in [2.45, 2.75) is 39.8 Å². The summed E-state index contributed by atoms with van der Waals surface area (Å²) in [5.74, 6) is -0.874. The van der Waals surface area contributed by atoms with Crippen molar-refractivity contribution in [2.75, 3.05) is 18.4 Å². The van der Waals surface area contributed by atoms with Crippen LogP contribution in [0.15, 0.2) is 5.38 Å². The number of halogens is 3. The van der Waals surface area contributed by atoms with E-state index in [0.29, 0.717) is 19.4 Å². The average molecular weight is 363 g/mol. The number of thiazole rings is 1. The number of rotatable bonds is 2. The van der Waals surface area contributed by atoms with Gasteiger partial charge < -0.3 is 10.2 Å². The number of hydrogen-bond donors (Lipinski definition) is 1. The molecule has 1 fully saturated rings.